The van der Waals surface area contributed by atoms with Crippen LogP contribution >= 0.6 is 0 Å². The van der Waals surface area contributed by atoms with Crippen LogP contribution in [0.1, 0.15) is 18.9 Å². The fraction of sp³-hybridized carbons (Fsp3) is 0.292. The van der Waals surface area contributed by atoms with E-state index in [9.17, 15) is 13.2 Å². The molecule has 2 N–H and O–H groups in total. The molecule has 1 fully saturated rings. The molecule has 0 amide bonds. The molecule has 0 aliphatic carbocycles. The Balaban J connectivity index is 0.000000384. The number of aliphatic carboxylic acids is 1. The Labute approximate surface area is 204 Å². The molecule has 5 rings (SSSR count). The molecule has 0 saturated carbocycles. The zero-order valence-corrected chi connectivity index (χ0v) is 19.4. The van der Waals surface area contributed by atoms with Gasteiger partial charge in [0.25, 0.3) is 0 Å². The summed E-state index contributed by atoms with van der Waals surface area (Å²) in [5.74, 6) is -2.05. The van der Waals surface area contributed by atoms with Crippen molar-refractivity contribution in [2.24, 2.45) is 7.05 Å². The smallest absolute Gasteiger partial charge is 0.475 e. The first-order valence-corrected chi connectivity index (χ1v) is 11.2. The van der Waals surface area contributed by atoms with Gasteiger partial charge in [-0.2, -0.15) is 23.4 Å². The molecule has 0 bridgehead atoms. The number of hydrogen-bond acceptors (Lipinski definition) is 6. The van der Waals surface area contributed by atoms with Gasteiger partial charge < -0.3 is 10.4 Å². The number of nitrogens with zero attached hydrogens (tertiary/aromatic N) is 6. The van der Waals surface area contributed by atoms with Gasteiger partial charge in [0.15, 0.2) is 5.82 Å². The van der Waals surface area contributed by atoms with Gasteiger partial charge in [0.2, 0.25) is 0 Å². The first kappa shape index (κ1) is 25.0. The Hall–Kier alpha value is -4.06. The predicted octanol–water partition coefficient (Wildman–Crippen LogP) is 3.97. The Morgan fingerprint density at radius 3 is 2.28 bits per heavy atom. The molecule has 3 aromatic heterocycles. The monoisotopic (exact) mass is 499 g/mol. The van der Waals surface area contributed by atoms with Crippen LogP contribution in [0.15, 0.2) is 61.4 Å². The summed E-state index contributed by atoms with van der Waals surface area (Å²) in [7, 11) is 1.92. The van der Waals surface area contributed by atoms with Gasteiger partial charge in [0.05, 0.1) is 18.4 Å². The molecule has 1 aliphatic rings. The van der Waals surface area contributed by atoms with E-state index in [0.29, 0.717) is 11.9 Å². The molecule has 9 nitrogen and oxygen atoms in total. The molecular formula is C24H24F3N7O2. The predicted molar refractivity (Wildman–Crippen MR) is 126 cm³/mol. The Morgan fingerprint density at radius 1 is 1.00 bits per heavy atom. The van der Waals surface area contributed by atoms with E-state index in [1.807, 2.05) is 50.2 Å². The van der Waals surface area contributed by atoms with Crippen LogP contribution in [-0.4, -0.2) is 59.9 Å². The highest BCUT2D eigenvalue weighted by Crippen LogP contribution is 2.26. The fourth-order valence-corrected chi connectivity index (χ4v) is 3.78. The minimum atomic E-state index is -5.08. The molecular weight excluding hydrogens is 475 g/mol. The van der Waals surface area contributed by atoms with Crippen LogP contribution < -0.4 is 5.32 Å². The average molecular weight is 499 g/mol. The molecule has 188 valence electrons. The molecule has 0 radical (unpaired) electrons. The maximum atomic E-state index is 10.6. The summed E-state index contributed by atoms with van der Waals surface area (Å²) >= 11 is 0. The number of alkyl halides is 3. The molecule has 1 atom stereocenters. The van der Waals surface area contributed by atoms with E-state index in [1.165, 1.54) is 6.42 Å². The number of nitrogens with one attached hydrogen (secondary N) is 1. The van der Waals surface area contributed by atoms with Crippen LogP contribution in [0.2, 0.25) is 0 Å². The number of halogens is 3. The van der Waals surface area contributed by atoms with Crippen molar-refractivity contribution in [3.05, 3.63) is 61.4 Å². The Bertz CT molecular complexity index is 1310. The van der Waals surface area contributed by atoms with Crippen LogP contribution in [-0.2, 0) is 11.8 Å². The van der Waals surface area contributed by atoms with Gasteiger partial charge in [-0.15, -0.1) is 0 Å². The number of carboxylic acids is 1. The lowest BCUT2D eigenvalue weighted by molar-refractivity contribution is -0.192. The van der Waals surface area contributed by atoms with Crippen molar-refractivity contribution in [3.8, 4) is 33.6 Å². The van der Waals surface area contributed by atoms with Crippen molar-refractivity contribution < 1.29 is 23.1 Å². The van der Waals surface area contributed by atoms with Gasteiger partial charge >= 0.3 is 12.1 Å². The van der Waals surface area contributed by atoms with Crippen LogP contribution in [0.4, 0.5) is 13.2 Å². The first-order chi connectivity index (χ1) is 17.2. The number of aromatic nitrogens is 6. The molecule has 12 heteroatoms. The number of carbonyl (C=O) groups is 1. The SMILES string of the molecule is Cn1cc(-c2cccc(-c3ncc(-c4cnn(C5CCCNC5)c4)cn3)c2)cn1.O=C(O)C(F)(F)F. The van der Waals surface area contributed by atoms with Crippen LogP contribution in [0, 0.1) is 0 Å². The maximum Gasteiger partial charge on any atom is 0.490 e. The van der Waals surface area contributed by atoms with Crippen molar-refractivity contribution in [2.45, 2.75) is 25.1 Å². The highest BCUT2D eigenvalue weighted by molar-refractivity contribution is 5.73. The normalized spacial score (nSPS) is 15.7. The summed E-state index contributed by atoms with van der Waals surface area (Å²) in [5, 5.41) is 19.4. The maximum absolute atomic E-state index is 10.6. The minimum absolute atomic E-state index is 0.424. The summed E-state index contributed by atoms with van der Waals surface area (Å²) in [6.07, 6.45) is 8.88. The molecule has 1 saturated heterocycles. The lowest BCUT2D eigenvalue weighted by Crippen LogP contribution is -2.31. The second-order valence-electron chi connectivity index (χ2n) is 8.29. The zero-order chi connectivity index (χ0) is 25.7. The lowest BCUT2D eigenvalue weighted by atomic mass is 10.1. The molecule has 4 aromatic rings. The average Bonchev–Trinajstić information content (AvgIpc) is 3.54. The highest BCUT2D eigenvalue weighted by atomic mass is 19.4. The summed E-state index contributed by atoms with van der Waals surface area (Å²) in [6.45, 7) is 2.08. The number of rotatable bonds is 4. The lowest BCUT2D eigenvalue weighted by Gasteiger charge is -2.22. The Morgan fingerprint density at radius 2 is 1.67 bits per heavy atom. The quantitative estimate of drug-likeness (QED) is 0.437. The molecule has 0 spiro atoms. The van der Waals surface area contributed by atoms with Crippen LogP contribution in [0.3, 0.4) is 0 Å². The van der Waals surface area contributed by atoms with Crippen molar-refractivity contribution in [1.29, 1.82) is 0 Å². The minimum Gasteiger partial charge on any atom is -0.475 e. The van der Waals surface area contributed by atoms with E-state index < -0.39 is 12.1 Å². The first-order valence-electron chi connectivity index (χ1n) is 11.2. The molecule has 1 aliphatic heterocycles. The number of benzene rings is 1. The van der Waals surface area contributed by atoms with Gasteiger partial charge in [0, 0.05) is 60.6 Å². The fourth-order valence-electron chi connectivity index (χ4n) is 3.78. The van der Waals surface area contributed by atoms with Gasteiger partial charge in [-0.25, -0.2) is 14.8 Å². The van der Waals surface area contributed by atoms with E-state index in [2.05, 4.69) is 48.5 Å². The third kappa shape index (κ3) is 6.13. The second kappa shape index (κ2) is 10.7. The largest absolute Gasteiger partial charge is 0.490 e. The van der Waals surface area contributed by atoms with Gasteiger partial charge in [0.1, 0.15) is 0 Å². The van der Waals surface area contributed by atoms with Crippen LogP contribution in [0.25, 0.3) is 33.6 Å². The standard InChI is InChI=1S/C22H23N7.C2HF3O2/c1-28-14-19(11-26-28)16-4-2-5-17(8-16)22-24-9-18(10-25-22)20-12-27-29(15-20)21-6-3-7-23-13-21;3-2(4,5)1(6)7/h2,4-5,8-12,14-15,21,23H,3,6-7,13H2,1H3;(H,6,7). The molecule has 4 heterocycles. The summed E-state index contributed by atoms with van der Waals surface area (Å²) in [5.41, 5.74) is 5.20. The van der Waals surface area contributed by atoms with Crippen LogP contribution in [0.5, 0.6) is 0 Å². The summed E-state index contributed by atoms with van der Waals surface area (Å²) in [6, 6.07) is 8.65. The summed E-state index contributed by atoms with van der Waals surface area (Å²) < 4.78 is 35.6. The van der Waals surface area contributed by atoms with Crippen molar-refractivity contribution in [2.75, 3.05) is 13.1 Å². The van der Waals surface area contributed by atoms with E-state index in [0.717, 1.165) is 47.3 Å². The van der Waals surface area contributed by atoms with E-state index in [4.69, 9.17) is 9.90 Å². The summed E-state index contributed by atoms with van der Waals surface area (Å²) in [4.78, 5) is 18.1. The van der Waals surface area contributed by atoms with Gasteiger partial charge in [-0.3, -0.25) is 9.36 Å². The number of aryl methyl sites for hydroxylation is 1. The molecule has 1 unspecified atom stereocenters. The molecule has 1 aromatic carbocycles. The number of hydrogen-bond donors (Lipinski definition) is 2. The zero-order valence-electron chi connectivity index (χ0n) is 19.4. The van der Waals surface area contributed by atoms with E-state index in [-0.39, 0.29) is 0 Å². The third-order valence-corrected chi connectivity index (χ3v) is 5.63. The van der Waals surface area contributed by atoms with Gasteiger partial charge in [-0.05, 0) is 31.0 Å². The number of piperidine rings is 1. The van der Waals surface area contributed by atoms with Crippen molar-refractivity contribution in [3.63, 3.8) is 0 Å². The number of carboxylic acid groups (broad SMARTS) is 1. The van der Waals surface area contributed by atoms with Gasteiger partial charge in [-0.1, -0.05) is 18.2 Å². The molecule has 36 heavy (non-hydrogen) atoms. The van der Waals surface area contributed by atoms with E-state index >= 15 is 0 Å². The third-order valence-electron chi connectivity index (χ3n) is 5.63. The van der Waals surface area contributed by atoms with Crippen molar-refractivity contribution >= 4 is 5.97 Å². The topological polar surface area (TPSA) is 111 Å². The Kier molecular flexibility index (Phi) is 7.44. The van der Waals surface area contributed by atoms with Crippen molar-refractivity contribution in [1.82, 2.24) is 34.8 Å². The highest BCUT2D eigenvalue weighted by Gasteiger charge is 2.38. The van der Waals surface area contributed by atoms with E-state index in [1.54, 1.807) is 4.68 Å². The second-order valence-corrected chi connectivity index (χ2v) is 8.29.